The van der Waals surface area contributed by atoms with Crippen molar-refractivity contribution >= 4 is 5.91 Å². The summed E-state index contributed by atoms with van der Waals surface area (Å²) in [5.74, 6) is -0.516. The molecule has 1 amide bonds. The van der Waals surface area contributed by atoms with Crippen LogP contribution in [-0.4, -0.2) is 28.4 Å². The van der Waals surface area contributed by atoms with Crippen LogP contribution in [0, 0.1) is 11.9 Å². The van der Waals surface area contributed by atoms with Crippen LogP contribution in [0.25, 0.3) is 0 Å². The fourth-order valence-corrected chi connectivity index (χ4v) is 1.88. The predicted octanol–water partition coefficient (Wildman–Crippen LogP) is 2.48. The highest BCUT2D eigenvalue weighted by molar-refractivity contribution is 5.94. The molecule has 92 valence electrons. The fraction of sp³-hybridized carbons (Fsp3) is 0.538. The van der Waals surface area contributed by atoms with Crippen LogP contribution in [0.3, 0.4) is 0 Å². The summed E-state index contributed by atoms with van der Waals surface area (Å²) < 4.78 is 13.5. The molecule has 1 heterocycles. The van der Waals surface area contributed by atoms with Crippen molar-refractivity contribution in [2.45, 2.75) is 32.7 Å². The summed E-state index contributed by atoms with van der Waals surface area (Å²) in [5.41, 5.74) is 0.0834. The van der Waals surface area contributed by atoms with E-state index in [2.05, 4.69) is 18.8 Å². The van der Waals surface area contributed by atoms with Gasteiger partial charge in [-0.15, -0.1) is 0 Å². The number of halogens is 1. The number of nitrogens with zero attached hydrogens (tertiary/aromatic N) is 2. The molecule has 2 rings (SSSR count). The van der Waals surface area contributed by atoms with E-state index >= 15 is 0 Å². The molecule has 4 heteroatoms. The van der Waals surface area contributed by atoms with E-state index in [-0.39, 0.29) is 11.5 Å². The van der Waals surface area contributed by atoms with Crippen molar-refractivity contribution in [1.29, 1.82) is 0 Å². The van der Waals surface area contributed by atoms with Gasteiger partial charge in [0.15, 0.2) is 0 Å². The molecule has 0 radical (unpaired) electrons. The topological polar surface area (TPSA) is 33.2 Å². The van der Waals surface area contributed by atoms with E-state index in [4.69, 9.17) is 0 Å². The predicted molar refractivity (Wildman–Crippen MR) is 63.1 cm³/mol. The van der Waals surface area contributed by atoms with Crippen molar-refractivity contribution in [3.63, 3.8) is 0 Å². The second-order valence-electron chi connectivity index (χ2n) is 4.92. The van der Waals surface area contributed by atoms with Crippen LogP contribution in [0.5, 0.6) is 0 Å². The Morgan fingerprint density at radius 1 is 1.59 bits per heavy atom. The molecule has 0 spiro atoms. The van der Waals surface area contributed by atoms with Gasteiger partial charge < -0.3 is 4.90 Å². The van der Waals surface area contributed by atoms with Gasteiger partial charge in [0.25, 0.3) is 5.91 Å². The van der Waals surface area contributed by atoms with Crippen LogP contribution in [0.4, 0.5) is 4.39 Å². The largest absolute Gasteiger partial charge is 0.335 e. The van der Waals surface area contributed by atoms with Crippen LogP contribution >= 0.6 is 0 Å². The Balaban J connectivity index is 2.19. The summed E-state index contributed by atoms with van der Waals surface area (Å²) in [7, 11) is 0. The van der Waals surface area contributed by atoms with Gasteiger partial charge in [0.05, 0.1) is 5.56 Å². The zero-order valence-electron chi connectivity index (χ0n) is 10.2. The molecule has 17 heavy (non-hydrogen) atoms. The van der Waals surface area contributed by atoms with E-state index in [9.17, 15) is 9.18 Å². The lowest BCUT2D eigenvalue weighted by molar-refractivity contribution is 0.0716. The monoisotopic (exact) mass is 236 g/mol. The molecule has 0 unspecified atom stereocenters. The summed E-state index contributed by atoms with van der Waals surface area (Å²) in [6.45, 7) is 4.79. The molecule has 1 fully saturated rings. The summed E-state index contributed by atoms with van der Waals surface area (Å²) in [6.07, 6.45) is 3.41. The zero-order chi connectivity index (χ0) is 12.4. The third-order valence-electron chi connectivity index (χ3n) is 2.80. The third-order valence-corrected chi connectivity index (χ3v) is 2.80. The highest BCUT2D eigenvalue weighted by Gasteiger charge is 2.34. The van der Waals surface area contributed by atoms with Crippen LogP contribution in [0.1, 0.15) is 37.0 Å². The molecule has 0 N–H and O–H groups in total. The standard InChI is InChI=1S/C13H17FN2O/c1-9(2)8-16(10-5-6-10)13(17)11-4-3-7-15-12(11)14/h3-4,7,9-10H,5-6,8H2,1-2H3. The Morgan fingerprint density at radius 3 is 2.82 bits per heavy atom. The molecule has 1 aromatic rings. The Hall–Kier alpha value is -1.45. The smallest absolute Gasteiger partial charge is 0.258 e. The second-order valence-corrected chi connectivity index (χ2v) is 4.92. The number of pyridine rings is 1. The number of hydrogen-bond donors (Lipinski definition) is 0. The molecule has 1 aliphatic carbocycles. The number of rotatable bonds is 4. The minimum absolute atomic E-state index is 0.0834. The second kappa shape index (κ2) is 4.82. The maximum atomic E-state index is 13.5. The Bertz CT molecular complexity index is 416. The maximum absolute atomic E-state index is 13.5. The lowest BCUT2D eigenvalue weighted by atomic mass is 10.1. The number of hydrogen-bond acceptors (Lipinski definition) is 2. The first-order chi connectivity index (χ1) is 8.09. The minimum atomic E-state index is -0.674. The highest BCUT2D eigenvalue weighted by Crippen LogP contribution is 2.29. The number of amides is 1. The van der Waals surface area contributed by atoms with Gasteiger partial charge in [-0.2, -0.15) is 4.39 Å². The first kappa shape index (κ1) is 12.0. The average Bonchev–Trinajstić information content (AvgIpc) is 3.09. The third kappa shape index (κ3) is 2.81. The molecule has 0 aliphatic heterocycles. The molecule has 0 atom stereocenters. The Kier molecular flexibility index (Phi) is 3.41. The molecule has 3 nitrogen and oxygen atoms in total. The fourth-order valence-electron chi connectivity index (χ4n) is 1.88. The van der Waals surface area contributed by atoms with E-state index < -0.39 is 5.95 Å². The SMILES string of the molecule is CC(C)CN(C(=O)c1cccnc1F)C1CC1. The van der Waals surface area contributed by atoms with Gasteiger partial charge in [0, 0.05) is 18.8 Å². The first-order valence-electron chi connectivity index (χ1n) is 6.01. The Morgan fingerprint density at radius 2 is 2.29 bits per heavy atom. The molecular weight excluding hydrogens is 219 g/mol. The summed E-state index contributed by atoms with van der Waals surface area (Å²) in [6, 6.07) is 3.39. The van der Waals surface area contributed by atoms with Gasteiger partial charge in [0.1, 0.15) is 0 Å². The lowest BCUT2D eigenvalue weighted by Gasteiger charge is -2.24. The van der Waals surface area contributed by atoms with Crippen molar-refractivity contribution in [2.24, 2.45) is 5.92 Å². The van der Waals surface area contributed by atoms with Crippen molar-refractivity contribution in [1.82, 2.24) is 9.88 Å². The normalized spacial score (nSPS) is 15.1. The van der Waals surface area contributed by atoms with Gasteiger partial charge in [-0.3, -0.25) is 4.79 Å². The van der Waals surface area contributed by atoms with Crippen LogP contribution in [0.15, 0.2) is 18.3 Å². The minimum Gasteiger partial charge on any atom is -0.335 e. The van der Waals surface area contributed by atoms with Crippen molar-refractivity contribution < 1.29 is 9.18 Å². The van der Waals surface area contributed by atoms with E-state index in [0.717, 1.165) is 12.8 Å². The molecule has 0 aromatic carbocycles. The van der Waals surface area contributed by atoms with Gasteiger partial charge in [-0.05, 0) is 30.9 Å². The van der Waals surface area contributed by atoms with Crippen molar-refractivity contribution in [2.75, 3.05) is 6.54 Å². The molecule has 0 saturated heterocycles. The van der Waals surface area contributed by atoms with Crippen LogP contribution in [-0.2, 0) is 0 Å². The maximum Gasteiger partial charge on any atom is 0.258 e. The average molecular weight is 236 g/mol. The Labute approximate surface area is 101 Å². The highest BCUT2D eigenvalue weighted by atomic mass is 19.1. The lowest BCUT2D eigenvalue weighted by Crippen LogP contribution is -2.36. The van der Waals surface area contributed by atoms with E-state index in [1.165, 1.54) is 12.3 Å². The van der Waals surface area contributed by atoms with E-state index in [0.29, 0.717) is 18.5 Å². The summed E-state index contributed by atoms with van der Waals surface area (Å²) >= 11 is 0. The van der Waals surface area contributed by atoms with Gasteiger partial charge in [0.2, 0.25) is 5.95 Å². The van der Waals surface area contributed by atoms with Crippen molar-refractivity contribution in [3.8, 4) is 0 Å². The molecule has 1 saturated carbocycles. The van der Waals surface area contributed by atoms with E-state index in [1.807, 2.05) is 0 Å². The summed E-state index contributed by atoms with van der Waals surface area (Å²) in [4.78, 5) is 17.5. The van der Waals surface area contributed by atoms with Gasteiger partial charge in [-0.25, -0.2) is 4.98 Å². The summed E-state index contributed by atoms with van der Waals surface area (Å²) in [5, 5.41) is 0. The number of carbonyl (C=O) groups is 1. The zero-order valence-corrected chi connectivity index (χ0v) is 10.2. The van der Waals surface area contributed by atoms with E-state index in [1.54, 1.807) is 11.0 Å². The number of aromatic nitrogens is 1. The molecule has 1 aliphatic rings. The number of carbonyl (C=O) groups excluding carboxylic acids is 1. The molecule has 1 aromatic heterocycles. The quantitative estimate of drug-likeness (QED) is 0.752. The van der Waals surface area contributed by atoms with Gasteiger partial charge >= 0.3 is 0 Å². The molecular formula is C13H17FN2O. The van der Waals surface area contributed by atoms with Gasteiger partial charge in [-0.1, -0.05) is 13.8 Å². The first-order valence-corrected chi connectivity index (χ1v) is 6.01. The van der Waals surface area contributed by atoms with Crippen LogP contribution in [0.2, 0.25) is 0 Å². The van der Waals surface area contributed by atoms with Crippen molar-refractivity contribution in [3.05, 3.63) is 29.8 Å². The van der Waals surface area contributed by atoms with Crippen LogP contribution < -0.4 is 0 Å². The molecule has 0 bridgehead atoms.